The second kappa shape index (κ2) is 10.5. The molecule has 0 amide bonds. The molecule has 0 aliphatic heterocycles. The lowest BCUT2D eigenvalue weighted by Gasteiger charge is -2.33. The molecule has 0 radical (unpaired) electrons. The van der Waals surface area contributed by atoms with Crippen LogP contribution in [0.5, 0.6) is 0 Å². The van der Waals surface area contributed by atoms with E-state index in [1.54, 1.807) is 0 Å². The zero-order chi connectivity index (χ0) is 33.7. The first-order valence-corrected chi connectivity index (χ1v) is 17.5. The fourth-order valence-electron chi connectivity index (χ4n) is 9.39. The summed E-state index contributed by atoms with van der Waals surface area (Å²) in [6.45, 7) is 0. The monoisotopic (exact) mass is 651 g/mol. The Morgan fingerprint density at radius 2 is 0.922 bits per heavy atom. The third-order valence-corrected chi connectivity index (χ3v) is 11.3. The fourth-order valence-corrected chi connectivity index (χ4v) is 9.39. The minimum absolute atomic E-state index is 0.247. The molecule has 9 aromatic carbocycles. The zero-order valence-electron chi connectivity index (χ0n) is 27.6. The molecule has 11 rings (SSSR count). The van der Waals surface area contributed by atoms with Crippen LogP contribution in [0.25, 0.3) is 54.6 Å². The number of fused-ring (bicyclic) bond motifs is 17. The smallest absolute Gasteiger partial charge is 0.123 e. The Morgan fingerprint density at radius 3 is 1.63 bits per heavy atom. The van der Waals surface area contributed by atoms with E-state index in [1.165, 1.54) is 83.6 Å². The van der Waals surface area contributed by atoms with Crippen molar-refractivity contribution in [2.24, 2.45) is 0 Å². The van der Waals surface area contributed by atoms with Gasteiger partial charge in [0.2, 0.25) is 0 Å². The summed E-state index contributed by atoms with van der Waals surface area (Å²) >= 11 is 0. The van der Waals surface area contributed by atoms with Crippen molar-refractivity contribution < 1.29 is 4.39 Å². The van der Waals surface area contributed by atoms with Crippen LogP contribution in [0.15, 0.2) is 182 Å². The quantitative estimate of drug-likeness (QED) is 0.172. The van der Waals surface area contributed by atoms with E-state index in [0.29, 0.717) is 0 Å². The molecule has 2 heteroatoms. The second-order valence-electron chi connectivity index (χ2n) is 13.7. The second-order valence-corrected chi connectivity index (χ2v) is 13.7. The lowest BCUT2D eigenvalue weighted by molar-refractivity contribution is 0.628. The molecular formula is C49H30FN. The molecule has 0 atom stereocenters. The first-order valence-electron chi connectivity index (χ1n) is 17.5. The maximum atomic E-state index is 14.1. The first kappa shape index (κ1) is 28.3. The van der Waals surface area contributed by atoms with Gasteiger partial charge >= 0.3 is 0 Å². The maximum absolute atomic E-state index is 14.1. The summed E-state index contributed by atoms with van der Waals surface area (Å²) in [6.07, 6.45) is 0. The molecule has 9 aromatic rings. The highest BCUT2D eigenvalue weighted by atomic mass is 19.1. The van der Waals surface area contributed by atoms with E-state index >= 15 is 0 Å². The number of para-hydroxylation sites is 1. The Balaban J connectivity index is 1.28. The molecule has 2 aliphatic carbocycles. The Kier molecular flexibility index (Phi) is 5.83. The molecule has 0 fully saturated rings. The fraction of sp³-hybridized carbons (Fsp3) is 0.0204. The van der Waals surface area contributed by atoms with Crippen LogP contribution in [-0.4, -0.2) is 0 Å². The van der Waals surface area contributed by atoms with Crippen LogP contribution in [0.1, 0.15) is 22.3 Å². The summed E-state index contributed by atoms with van der Waals surface area (Å²) in [7, 11) is 0. The van der Waals surface area contributed by atoms with Gasteiger partial charge in [-0.1, -0.05) is 133 Å². The van der Waals surface area contributed by atoms with Gasteiger partial charge in [0.25, 0.3) is 0 Å². The Hall–Kier alpha value is -6.51. The van der Waals surface area contributed by atoms with Gasteiger partial charge < -0.3 is 4.90 Å². The predicted molar refractivity (Wildman–Crippen MR) is 210 cm³/mol. The lowest BCUT2D eigenvalue weighted by Crippen LogP contribution is -2.26. The third-order valence-electron chi connectivity index (χ3n) is 11.3. The predicted octanol–water partition coefficient (Wildman–Crippen LogP) is 13.1. The molecule has 0 aromatic heterocycles. The Labute approximate surface area is 295 Å². The molecule has 2 aliphatic rings. The van der Waals surface area contributed by atoms with Gasteiger partial charge in [-0.3, -0.25) is 0 Å². The largest absolute Gasteiger partial charge is 0.310 e. The zero-order valence-corrected chi connectivity index (χ0v) is 27.6. The number of hydrogen-bond donors (Lipinski definition) is 0. The Bertz CT molecular complexity index is 2820. The lowest BCUT2D eigenvalue weighted by atomic mass is 9.68. The maximum Gasteiger partial charge on any atom is 0.123 e. The standard InChI is InChI=1S/C49H30FN/c50-32-23-25-34(26-24-32)51(33-12-2-1-3-13-33)35-27-29-36-31(30-35)22-28-43-46-41-18-6-4-14-37(41)38-15-5-7-19-42(38)48(46)49(47(36)43)44-20-10-8-16-39(44)40-17-9-11-21-45(40)49/h1-30H. The SMILES string of the molecule is Fc1ccc(N(c2ccccc2)c2ccc3c4c(ccc3c2)-c2c(c3ccccc3c3ccccc23)C42c3ccccc3-c3ccccc32)cc1. The van der Waals surface area contributed by atoms with Gasteiger partial charge in [0, 0.05) is 17.1 Å². The van der Waals surface area contributed by atoms with Crippen LogP contribution in [0.3, 0.4) is 0 Å². The molecule has 51 heavy (non-hydrogen) atoms. The Morgan fingerprint density at radius 1 is 0.373 bits per heavy atom. The van der Waals surface area contributed by atoms with Crippen molar-refractivity contribution in [1.29, 1.82) is 0 Å². The molecule has 0 unspecified atom stereocenters. The van der Waals surface area contributed by atoms with Gasteiger partial charge in [-0.05, 0) is 125 Å². The van der Waals surface area contributed by atoms with Crippen LogP contribution in [0.4, 0.5) is 21.5 Å². The highest BCUT2D eigenvalue weighted by Gasteiger charge is 2.53. The van der Waals surface area contributed by atoms with Crippen molar-refractivity contribution in [3.05, 3.63) is 210 Å². The highest BCUT2D eigenvalue weighted by molar-refractivity contribution is 6.21. The number of rotatable bonds is 3. The van der Waals surface area contributed by atoms with Crippen LogP contribution in [0.2, 0.25) is 0 Å². The van der Waals surface area contributed by atoms with E-state index in [0.717, 1.165) is 22.4 Å². The van der Waals surface area contributed by atoms with Crippen LogP contribution in [-0.2, 0) is 5.41 Å². The summed E-state index contributed by atoms with van der Waals surface area (Å²) in [5.41, 5.74) is 13.0. The summed E-state index contributed by atoms with van der Waals surface area (Å²) in [5.74, 6) is -0.247. The van der Waals surface area contributed by atoms with Gasteiger partial charge in [-0.25, -0.2) is 4.39 Å². The number of halogens is 1. The van der Waals surface area contributed by atoms with Crippen LogP contribution in [0, 0.1) is 5.82 Å². The molecule has 1 nitrogen and oxygen atoms in total. The van der Waals surface area contributed by atoms with Crippen molar-refractivity contribution in [3.63, 3.8) is 0 Å². The topological polar surface area (TPSA) is 3.24 Å². The first-order chi connectivity index (χ1) is 25.2. The van der Waals surface area contributed by atoms with Crippen LogP contribution >= 0.6 is 0 Å². The number of anilines is 3. The number of hydrogen-bond acceptors (Lipinski definition) is 1. The average Bonchev–Trinajstić information content (AvgIpc) is 3.67. The summed E-state index contributed by atoms with van der Waals surface area (Å²) < 4.78 is 14.1. The molecule has 0 saturated carbocycles. The van der Waals surface area contributed by atoms with Crippen molar-refractivity contribution in [3.8, 4) is 22.3 Å². The van der Waals surface area contributed by atoms with E-state index in [1.807, 2.05) is 30.3 Å². The molecule has 0 bridgehead atoms. The van der Waals surface area contributed by atoms with Gasteiger partial charge in [-0.15, -0.1) is 0 Å². The molecule has 238 valence electrons. The molecule has 0 N–H and O–H groups in total. The average molecular weight is 652 g/mol. The van der Waals surface area contributed by atoms with E-state index < -0.39 is 5.41 Å². The van der Waals surface area contributed by atoms with E-state index in [-0.39, 0.29) is 5.82 Å². The number of benzene rings is 9. The minimum Gasteiger partial charge on any atom is -0.310 e. The summed E-state index contributed by atoms with van der Waals surface area (Å²) in [5, 5.41) is 7.54. The van der Waals surface area contributed by atoms with E-state index in [2.05, 4.69) is 144 Å². The summed E-state index contributed by atoms with van der Waals surface area (Å²) in [6, 6.07) is 64.6. The van der Waals surface area contributed by atoms with Gasteiger partial charge in [0.05, 0.1) is 5.41 Å². The van der Waals surface area contributed by atoms with Gasteiger partial charge in [0.1, 0.15) is 5.82 Å². The van der Waals surface area contributed by atoms with Crippen molar-refractivity contribution in [2.45, 2.75) is 5.41 Å². The molecule has 0 saturated heterocycles. The van der Waals surface area contributed by atoms with E-state index in [9.17, 15) is 4.39 Å². The highest BCUT2D eigenvalue weighted by Crippen LogP contribution is 2.66. The van der Waals surface area contributed by atoms with Crippen molar-refractivity contribution >= 4 is 49.4 Å². The van der Waals surface area contributed by atoms with Gasteiger partial charge in [0.15, 0.2) is 0 Å². The molecule has 1 spiro atoms. The van der Waals surface area contributed by atoms with E-state index in [4.69, 9.17) is 0 Å². The third kappa shape index (κ3) is 3.74. The number of nitrogens with zero attached hydrogens (tertiary/aromatic N) is 1. The van der Waals surface area contributed by atoms with Crippen LogP contribution < -0.4 is 4.90 Å². The van der Waals surface area contributed by atoms with Crippen molar-refractivity contribution in [1.82, 2.24) is 0 Å². The van der Waals surface area contributed by atoms with Crippen molar-refractivity contribution in [2.75, 3.05) is 4.90 Å². The molecular weight excluding hydrogens is 622 g/mol. The minimum atomic E-state index is -0.515. The molecule has 0 heterocycles. The van der Waals surface area contributed by atoms with Gasteiger partial charge in [-0.2, -0.15) is 0 Å². The normalized spacial score (nSPS) is 13.4. The summed E-state index contributed by atoms with van der Waals surface area (Å²) in [4.78, 5) is 2.21.